The zero-order chi connectivity index (χ0) is 13.8. The van der Waals surface area contributed by atoms with Crippen molar-refractivity contribution in [3.63, 3.8) is 0 Å². The van der Waals surface area contributed by atoms with Crippen LogP contribution in [-0.4, -0.2) is 23.0 Å². The summed E-state index contributed by atoms with van der Waals surface area (Å²) in [5.41, 5.74) is 1.41. The molecule has 0 unspecified atom stereocenters. The number of ether oxygens (including phenoxy) is 1. The van der Waals surface area contributed by atoms with Gasteiger partial charge in [-0.2, -0.15) is 0 Å². The molecule has 0 bridgehead atoms. The van der Waals surface area contributed by atoms with Crippen molar-refractivity contribution >= 4 is 23.2 Å². The van der Waals surface area contributed by atoms with Crippen molar-refractivity contribution in [2.75, 3.05) is 12.4 Å². The number of hydrogen-bond donors (Lipinski definition) is 1. The number of nitrogens with one attached hydrogen (secondary N) is 1. The van der Waals surface area contributed by atoms with Gasteiger partial charge in [-0.15, -0.1) is 0 Å². The summed E-state index contributed by atoms with van der Waals surface area (Å²) in [5.74, 6) is 0.213. The van der Waals surface area contributed by atoms with Crippen molar-refractivity contribution in [2.45, 2.75) is 6.92 Å². The smallest absolute Gasteiger partial charge is 0.274 e. The Bertz CT molecular complexity index is 596. The third-order valence-corrected chi connectivity index (χ3v) is 2.58. The van der Waals surface area contributed by atoms with Crippen LogP contribution in [0.4, 0.5) is 5.69 Å². The van der Waals surface area contributed by atoms with Gasteiger partial charge in [0.1, 0.15) is 11.4 Å². The minimum Gasteiger partial charge on any atom is -0.495 e. The van der Waals surface area contributed by atoms with Crippen LogP contribution in [0.15, 0.2) is 30.3 Å². The lowest BCUT2D eigenvalue weighted by molar-refractivity contribution is 0.102. The van der Waals surface area contributed by atoms with Gasteiger partial charge < -0.3 is 10.1 Å². The molecule has 1 aromatic heterocycles. The van der Waals surface area contributed by atoms with Crippen LogP contribution in [0.3, 0.4) is 0 Å². The highest BCUT2D eigenvalue weighted by Gasteiger charge is 2.12. The maximum absolute atomic E-state index is 12.1. The molecule has 0 fully saturated rings. The molecule has 1 heterocycles. The van der Waals surface area contributed by atoms with Gasteiger partial charge in [0.2, 0.25) is 5.28 Å². The van der Waals surface area contributed by atoms with Crippen molar-refractivity contribution in [1.29, 1.82) is 0 Å². The molecule has 1 aromatic carbocycles. The molecular weight excluding hydrogens is 266 g/mol. The number of amides is 1. The summed E-state index contributed by atoms with van der Waals surface area (Å²) >= 11 is 5.73. The average Bonchev–Trinajstić information content (AvgIpc) is 2.38. The second-order valence-electron chi connectivity index (χ2n) is 3.82. The maximum Gasteiger partial charge on any atom is 0.274 e. The van der Waals surface area contributed by atoms with Crippen LogP contribution in [0.25, 0.3) is 0 Å². The summed E-state index contributed by atoms with van der Waals surface area (Å²) in [4.78, 5) is 19.9. The summed E-state index contributed by atoms with van der Waals surface area (Å²) in [6, 6.07) is 8.69. The quantitative estimate of drug-likeness (QED) is 0.876. The van der Waals surface area contributed by atoms with Crippen LogP contribution < -0.4 is 10.1 Å². The van der Waals surface area contributed by atoms with Crippen molar-refractivity contribution in [3.05, 3.63) is 47.0 Å². The molecule has 0 spiro atoms. The number of carbonyl (C=O) groups is 1. The molecule has 0 aliphatic heterocycles. The molecule has 0 saturated heterocycles. The van der Waals surface area contributed by atoms with Crippen molar-refractivity contribution in [2.24, 2.45) is 0 Å². The molecule has 0 saturated carbocycles. The number of halogens is 1. The van der Waals surface area contributed by atoms with Gasteiger partial charge in [-0.1, -0.05) is 12.1 Å². The molecule has 6 heteroatoms. The van der Waals surface area contributed by atoms with E-state index in [0.29, 0.717) is 17.1 Å². The lowest BCUT2D eigenvalue weighted by Crippen LogP contribution is -2.15. The first-order valence-corrected chi connectivity index (χ1v) is 5.93. The lowest BCUT2D eigenvalue weighted by atomic mass is 10.2. The molecule has 0 radical (unpaired) electrons. The number of anilines is 1. The van der Waals surface area contributed by atoms with E-state index >= 15 is 0 Å². The Kier molecular flexibility index (Phi) is 3.97. The van der Waals surface area contributed by atoms with Crippen LogP contribution >= 0.6 is 11.6 Å². The predicted molar refractivity (Wildman–Crippen MR) is 72.7 cm³/mol. The molecule has 5 nitrogen and oxygen atoms in total. The Labute approximate surface area is 115 Å². The lowest BCUT2D eigenvalue weighted by Gasteiger charge is -2.09. The van der Waals surface area contributed by atoms with Crippen molar-refractivity contribution in [3.8, 4) is 5.75 Å². The Morgan fingerprint density at radius 3 is 2.74 bits per heavy atom. The first kappa shape index (κ1) is 13.3. The Hall–Kier alpha value is -2.14. The molecular formula is C13H12ClN3O2. The van der Waals surface area contributed by atoms with Gasteiger partial charge in [0.05, 0.1) is 12.8 Å². The fourth-order valence-corrected chi connectivity index (χ4v) is 1.81. The second kappa shape index (κ2) is 5.67. The van der Waals surface area contributed by atoms with E-state index in [1.54, 1.807) is 31.2 Å². The molecule has 2 aromatic rings. The van der Waals surface area contributed by atoms with E-state index in [2.05, 4.69) is 15.3 Å². The highest BCUT2D eigenvalue weighted by Crippen LogP contribution is 2.23. The number of rotatable bonds is 3. The number of aryl methyl sites for hydroxylation is 1. The van der Waals surface area contributed by atoms with Gasteiger partial charge in [0.15, 0.2) is 0 Å². The first-order chi connectivity index (χ1) is 9.10. The van der Waals surface area contributed by atoms with Crippen LogP contribution in [0, 0.1) is 6.92 Å². The average molecular weight is 278 g/mol. The SMILES string of the molecule is COc1ccccc1NC(=O)c1cc(C)nc(Cl)n1. The molecule has 0 atom stereocenters. The van der Waals surface area contributed by atoms with E-state index in [-0.39, 0.29) is 16.9 Å². The minimum atomic E-state index is -0.364. The van der Waals surface area contributed by atoms with Gasteiger partial charge >= 0.3 is 0 Å². The summed E-state index contributed by atoms with van der Waals surface area (Å²) < 4.78 is 5.16. The standard InChI is InChI=1S/C13H12ClN3O2/c1-8-7-10(17-13(14)15-8)12(18)16-9-5-3-4-6-11(9)19-2/h3-7H,1-2H3,(H,16,18). The van der Waals surface area contributed by atoms with E-state index in [1.165, 1.54) is 7.11 Å². The summed E-state index contributed by atoms with van der Waals surface area (Å²) in [6.45, 7) is 1.74. The molecule has 2 rings (SSSR count). The second-order valence-corrected chi connectivity index (χ2v) is 4.16. The fraction of sp³-hybridized carbons (Fsp3) is 0.154. The number of benzene rings is 1. The number of nitrogens with zero attached hydrogens (tertiary/aromatic N) is 2. The van der Waals surface area contributed by atoms with Crippen LogP contribution in [-0.2, 0) is 0 Å². The molecule has 0 aliphatic rings. The van der Waals surface area contributed by atoms with Crippen LogP contribution in [0.1, 0.15) is 16.2 Å². The number of methoxy groups -OCH3 is 1. The van der Waals surface area contributed by atoms with E-state index in [4.69, 9.17) is 16.3 Å². The zero-order valence-electron chi connectivity index (χ0n) is 10.5. The van der Waals surface area contributed by atoms with Crippen molar-refractivity contribution < 1.29 is 9.53 Å². The third kappa shape index (κ3) is 3.20. The summed E-state index contributed by atoms with van der Waals surface area (Å²) in [5, 5.41) is 2.77. The topological polar surface area (TPSA) is 64.1 Å². The fourth-order valence-electron chi connectivity index (χ4n) is 1.58. The zero-order valence-corrected chi connectivity index (χ0v) is 11.2. The molecule has 1 N–H and O–H groups in total. The molecule has 0 aliphatic carbocycles. The third-order valence-electron chi connectivity index (χ3n) is 2.41. The summed E-state index contributed by atoms with van der Waals surface area (Å²) in [6.07, 6.45) is 0. The highest BCUT2D eigenvalue weighted by molar-refractivity contribution is 6.28. The van der Waals surface area contributed by atoms with Crippen LogP contribution in [0.2, 0.25) is 5.28 Å². The Morgan fingerprint density at radius 1 is 1.32 bits per heavy atom. The maximum atomic E-state index is 12.1. The molecule has 19 heavy (non-hydrogen) atoms. The number of para-hydroxylation sites is 2. The van der Waals surface area contributed by atoms with Crippen LogP contribution in [0.5, 0.6) is 5.75 Å². The highest BCUT2D eigenvalue weighted by atomic mass is 35.5. The Balaban J connectivity index is 2.25. The van der Waals surface area contributed by atoms with Gasteiger partial charge in [-0.3, -0.25) is 4.79 Å². The molecule has 1 amide bonds. The van der Waals surface area contributed by atoms with E-state index < -0.39 is 0 Å². The number of hydrogen-bond acceptors (Lipinski definition) is 4. The van der Waals surface area contributed by atoms with E-state index in [9.17, 15) is 4.79 Å². The normalized spacial score (nSPS) is 10.1. The van der Waals surface area contributed by atoms with Gasteiger partial charge in [-0.05, 0) is 36.7 Å². The number of carbonyl (C=O) groups excluding carboxylic acids is 1. The summed E-state index contributed by atoms with van der Waals surface area (Å²) in [7, 11) is 1.54. The van der Waals surface area contributed by atoms with Crippen molar-refractivity contribution in [1.82, 2.24) is 9.97 Å². The monoisotopic (exact) mass is 277 g/mol. The van der Waals surface area contributed by atoms with Gasteiger partial charge in [0, 0.05) is 5.69 Å². The van der Waals surface area contributed by atoms with Gasteiger partial charge in [-0.25, -0.2) is 9.97 Å². The number of aromatic nitrogens is 2. The van der Waals surface area contributed by atoms with Gasteiger partial charge in [0.25, 0.3) is 5.91 Å². The van der Waals surface area contributed by atoms with E-state index in [0.717, 1.165) is 0 Å². The largest absolute Gasteiger partial charge is 0.495 e. The predicted octanol–water partition coefficient (Wildman–Crippen LogP) is 2.70. The Morgan fingerprint density at radius 2 is 2.05 bits per heavy atom. The minimum absolute atomic E-state index is 0.0465. The first-order valence-electron chi connectivity index (χ1n) is 5.55. The molecule has 98 valence electrons. The van der Waals surface area contributed by atoms with E-state index in [1.807, 2.05) is 6.07 Å².